The first-order valence-electron chi connectivity index (χ1n) is 13.7. The van der Waals surface area contributed by atoms with Crippen molar-refractivity contribution in [3.8, 4) is 17.0 Å². The van der Waals surface area contributed by atoms with Gasteiger partial charge in [-0.3, -0.25) is 9.69 Å². The first-order chi connectivity index (χ1) is 21.1. The predicted molar refractivity (Wildman–Crippen MR) is 159 cm³/mol. The number of fused-ring (bicyclic) bond motifs is 1. The van der Waals surface area contributed by atoms with Gasteiger partial charge in [-0.05, 0) is 65.6 Å². The summed E-state index contributed by atoms with van der Waals surface area (Å²) in [5, 5.41) is 12.3. The zero-order valence-electron chi connectivity index (χ0n) is 23.4. The number of halogens is 4. The number of carbonyl (C=O) groups is 1. The van der Waals surface area contributed by atoms with Gasteiger partial charge in [-0.2, -0.15) is 29.6 Å². The maximum Gasteiger partial charge on any atom is 0.416 e. The molecule has 0 atom stereocenters. The number of alkyl halides is 3. The molecule has 0 saturated carbocycles. The van der Waals surface area contributed by atoms with E-state index in [9.17, 15) is 22.4 Å². The fourth-order valence-electron chi connectivity index (χ4n) is 5.42. The number of anilines is 2. The number of thiophene rings is 1. The highest BCUT2D eigenvalue weighted by Crippen LogP contribution is 2.38. The number of ether oxygens (including phenoxy) is 1. The van der Waals surface area contributed by atoms with Gasteiger partial charge >= 0.3 is 6.18 Å². The van der Waals surface area contributed by atoms with E-state index in [1.165, 1.54) is 19.0 Å². The number of likely N-dealkylation sites (tertiary alicyclic amines) is 1. The Morgan fingerprint density at radius 3 is 2.61 bits per heavy atom. The van der Waals surface area contributed by atoms with E-state index < -0.39 is 29.0 Å². The van der Waals surface area contributed by atoms with Crippen LogP contribution in [0.15, 0.2) is 59.6 Å². The highest BCUT2D eigenvalue weighted by Gasteiger charge is 2.32. The molecule has 0 bridgehead atoms. The molecule has 2 aromatic carbocycles. The summed E-state index contributed by atoms with van der Waals surface area (Å²) in [6.07, 6.45) is -1.58. The van der Waals surface area contributed by atoms with Crippen molar-refractivity contribution in [1.29, 1.82) is 0 Å². The molecule has 228 valence electrons. The number of nitrogen functional groups attached to an aromatic ring is 1. The molecule has 0 aliphatic carbocycles. The molecule has 1 aliphatic heterocycles. The van der Waals surface area contributed by atoms with E-state index in [1.54, 1.807) is 29.5 Å². The lowest BCUT2D eigenvalue weighted by atomic mass is 10.0. The Hall–Kier alpha value is -4.56. The first kappa shape index (κ1) is 29.5. The third kappa shape index (κ3) is 5.82. The van der Waals surface area contributed by atoms with Gasteiger partial charge in [-0.15, -0.1) is 0 Å². The largest absolute Gasteiger partial charge is 0.495 e. The van der Waals surface area contributed by atoms with Crippen LogP contribution in [0.4, 0.5) is 29.1 Å². The van der Waals surface area contributed by atoms with E-state index in [2.05, 4.69) is 37.0 Å². The molecular formula is C30H27F4N7O2S. The van der Waals surface area contributed by atoms with Crippen LogP contribution in [0.2, 0.25) is 0 Å². The zero-order valence-corrected chi connectivity index (χ0v) is 24.3. The number of hydrogen-bond acceptors (Lipinski definition) is 8. The molecular weight excluding hydrogens is 598 g/mol. The van der Waals surface area contributed by atoms with E-state index in [-0.39, 0.29) is 29.4 Å². The van der Waals surface area contributed by atoms with Crippen molar-refractivity contribution in [1.82, 2.24) is 24.6 Å². The molecule has 14 heteroatoms. The number of rotatable bonds is 7. The number of nitrogens with two attached hydrogens (primary N) is 1. The quantitative estimate of drug-likeness (QED) is 0.202. The van der Waals surface area contributed by atoms with E-state index in [0.717, 1.165) is 38.5 Å². The number of benzene rings is 2. The number of nitrogens with one attached hydrogen (secondary N) is 1. The highest BCUT2D eigenvalue weighted by atomic mass is 32.1. The molecule has 1 saturated heterocycles. The summed E-state index contributed by atoms with van der Waals surface area (Å²) >= 11 is 1.69. The van der Waals surface area contributed by atoms with E-state index >= 15 is 0 Å². The fourth-order valence-corrected chi connectivity index (χ4v) is 6.08. The van der Waals surface area contributed by atoms with Gasteiger partial charge in [0.15, 0.2) is 5.65 Å². The van der Waals surface area contributed by atoms with Crippen molar-refractivity contribution in [3.05, 3.63) is 82.1 Å². The zero-order chi connectivity index (χ0) is 31.0. The van der Waals surface area contributed by atoms with Gasteiger partial charge in [0.2, 0.25) is 0 Å². The van der Waals surface area contributed by atoms with Crippen molar-refractivity contribution < 1.29 is 27.1 Å². The molecule has 5 aromatic rings. The average molecular weight is 626 g/mol. The summed E-state index contributed by atoms with van der Waals surface area (Å²) in [4.78, 5) is 23.9. The number of nitrogens with zero attached hydrogens (tertiary/aromatic N) is 5. The molecule has 3 aromatic heterocycles. The standard InChI is InChI=1S/C30H27F4N7O2S/c1-43-24-12-18(2-5-23(24)38-29(42)21-4-3-19(13-22(21)31)30(32,33)34)26-25-27(35)36-16-37-28(25)41(39-26)20-6-9-40(10-7-20)14-17-8-11-44-15-17/h2-5,8,11-13,15-16,20H,6-7,9-10,14H2,1H3,(H,38,42)(H2,35,36,37). The van der Waals surface area contributed by atoms with E-state index in [0.29, 0.717) is 28.4 Å². The molecule has 1 aliphatic rings. The Bertz CT molecular complexity index is 1820. The molecule has 1 amide bonds. The summed E-state index contributed by atoms with van der Waals surface area (Å²) < 4.78 is 60.6. The minimum absolute atomic E-state index is 0.0957. The lowest BCUT2D eigenvalue weighted by molar-refractivity contribution is -0.137. The van der Waals surface area contributed by atoms with Crippen molar-refractivity contribution in [3.63, 3.8) is 0 Å². The van der Waals surface area contributed by atoms with Gasteiger partial charge in [-0.25, -0.2) is 19.0 Å². The summed E-state index contributed by atoms with van der Waals surface area (Å²) in [7, 11) is 1.39. The van der Waals surface area contributed by atoms with Crippen molar-refractivity contribution in [2.24, 2.45) is 0 Å². The second-order valence-electron chi connectivity index (χ2n) is 10.5. The topological polar surface area (TPSA) is 111 Å². The first-order valence-corrected chi connectivity index (χ1v) is 14.6. The maximum atomic E-state index is 14.4. The number of methoxy groups -OCH3 is 1. The molecule has 0 spiro atoms. The van der Waals surface area contributed by atoms with E-state index in [4.69, 9.17) is 15.6 Å². The van der Waals surface area contributed by atoms with Crippen LogP contribution in [-0.4, -0.2) is 50.8 Å². The average Bonchev–Trinajstić information content (AvgIpc) is 3.66. The van der Waals surface area contributed by atoms with Crippen molar-refractivity contribution in [2.75, 3.05) is 31.2 Å². The molecule has 0 radical (unpaired) electrons. The van der Waals surface area contributed by atoms with Gasteiger partial charge in [0.05, 0.1) is 35.4 Å². The molecule has 0 unspecified atom stereocenters. The number of hydrogen-bond donors (Lipinski definition) is 2. The molecule has 3 N–H and O–H groups in total. The minimum atomic E-state index is -4.73. The van der Waals surface area contributed by atoms with Crippen LogP contribution in [0.25, 0.3) is 22.3 Å². The monoisotopic (exact) mass is 625 g/mol. The second-order valence-corrected chi connectivity index (χ2v) is 11.2. The molecule has 6 rings (SSSR count). The summed E-state index contributed by atoms with van der Waals surface area (Å²) in [5.41, 5.74) is 7.83. The van der Waals surface area contributed by atoms with Crippen LogP contribution in [0.1, 0.15) is 40.4 Å². The summed E-state index contributed by atoms with van der Waals surface area (Å²) in [5.74, 6) is -1.74. The normalized spacial score (nSPS) is 14.7. The van der Waals surface area contributed by atoms with Gasteiger partial charge < -0.3 is 15.8 Å². The van der Waals surface area contributed by atoms with E-state index in [1.807, 2.05) is 4.68 Å². The van der Waals surface area contributed by atoms with Crippen LogP contribution < -0.4 is 15.8 Å². The van der Waals surface area contributed by atoms with Gasteiger partial charge in [0.25, 0.3) is 5.91 Å². The SMILES string of the molecule is COc1cc(-c2nn(C3CCN(Cc4ccsc4)CC3)c3ncnc(N)c23)ccc1NC(=O)c1ccc(C(F)(F)F)cc1F. The minimum Gasteiger partial charge on any atom is -0.495 e. The Kier molecular flexibility index (Phi) is 7.95. The van der Waals surface area contributed by atoms with Gasteiger partial charge in [0, 0.05) is 25.2 Å². The molecule has 4 heterocycles. The Morgan fingerprint density at radius 1 is 1.14 bits per heavy atom. The van der Waals surface area contributed by atoms with Crippen LogP contribution >= 0.6 is 11.3 Å². The number of piperidine rings is 1. The number of amides is 1. The Balaban J connectivity index is 1.26. The van der Waals surface area contributed by atoms with Crippen molar-refractivity contribution in [2.45, 2.75) is 31.6 Å². The second kappa shape index (κ2) is 11.8. The molecule has 44 heavy (non-hydrogen) atoms. The lowest BCUT2D eigenvalue weighted by Crippen LogP contribution is -2.34. The lowest BCUT2D eigenvalue weighted by Gasteiger charge is -2.31. The predicted octanol–water partition coefficient (Wildman–Crippen LogP) is 6.39. The fraction of sp³-hybridized carbons (Fsp3) is 0.267. The maximum absolute atomic E-state index is 14.4. The molecule has 9 nitrogen and oxygen atoms in total. The Morgan fingerprint density at radius 2 is 1.93 bits per heavy atom. The van der Waals surface area contributed by atoms with Crippen LogP contribution in [0.5, 0.6) is 5.75 Å². The number of carbonyl (C=O) groups excluding carboxylic acids is 1. The molecule has 1 fully saturated rings. The highest BCUT2D eigenvalue weighted by molar-refractivity contribution is 7.07. The summed E-state index contributed by atoms with van der Waals surface area (Å²) in [6, 6.07) is 8.84. The third-order valence-corrected chi connectivity index (χ3v) is 8.40. The number of aromatic nitrogens is 4. The third-order valence-electron chi connectivity index (χ3n) is 7.67. The summed E-state index contributed by atoms with van der Waals surface area (Å²) in [6.45, 7) is 2.71. The van der Waals surface area contributed by atoms with Crippen LogP contribution in [-0.2, 0) is 12.7 Å². The smallest absolute Gasteiger partial charge is 0.416 e. The van der Waals surface area contributed by atoms with Gasteiger partial charge in [-0.1, -0.05) is 6.07 Å². The van der Waals surface area contributed by atoms with Crippen LogP contribution in [0, 0.1) is 5.82 Å². The Labute approximate surface area is 253 Å². The van der Waals surface area contributed by atoms with Crippen LogP contribution in [0.3, 0.4) is 0 Å². The van der Waals surface area contributed by atoms with Gasteiger partial charge in [0.1, 0.15) is 29.4 Å². The van der Waals surface area contributed by atoms with Crippen molar-refractivity contribution >= 4 is 39.8 Å².